The Hall–Kier alpha value is -4.60. The topological polar surface area (TPSA) is 109 Å². The average Bonchev–Trinajstić information content (AvgIpc) is 3.09. The number of aromatic nitrogens is 1. The number of anilines is 2. The van der Waals surface area contributed by atoms with Crippen molar-refractivity contribution >= 4 is 35.2 Å². The minimum atomic E-state index is -1.08. The van der Waals surface area contributed by atoms with Gasteiger partial charge in [-0.2, -0.15) is 0 Å². The molecule has 2 aromatic carbocycles. The molecule has 4 amide bonds. The predicted octanol–water partition coefficient (Wildman–Crippen LogP) is 3.76. The molecule has 0 aliphatic carbocycles. The Labute approximate surface area is 206 Å². The van der Waals surface area contributed by atoms with Crippen LogP contribution in [0.2, 0.25) is 0 Å². The van der Waals surface area contributed by atoms with Crippen molar-refractivity contribution in [3.63, 3.8) is 0 Å². The number of pyridine rings is 1. The Morgan fingerprint density at radius 3 is 2.42 bits per heavy atom. The van der Waals surface area contributed by atoms with Gasteiger partial charge in [-0.3, -0.25) is 14.6 Å². The number of halogens is 1. The molecular formula is C26H23FN4O5. The summed E-state index contributed by atoms with van der Waals surface area (Å²) in [5.74, 6) is -2.07. The highest BCUT2D eigenvalue weighted by molar-refractivity contribution is 6.22. The Kier molecular flexibility index (Phi) is 7.33. The lowest BCUT2D eigenvalue weighted by Gasteiger charge is -2.21. The standard InChI is InChI=1S/C26H23FN4O5/c1-2-36-25(34)18-5-9-20(10-6-18)29-23(32)14-22-24(33)31(21-11-7-19(27)8-12-21)26(35)30(22)16-17-4-3-13-28-15-17/h3-13,15,22H,2,14,16H2,1H3,(H,29,32)/t22-/m1/s1. The second-order valence-corrected chi connectivity index (χ2v) is 7.99. The van der Waals surface area contributed by atoms with Gasteiger partial charge in [0.2, 0.25) is 5.91 Å². The van der Waals surface area contributed by atoms with Gasteiger partial charge < -0.3 is 15.0 Å². The third kappa shape index (κ3) is 5.38. The molecule has 0 radical (unpaired) electrons. The molecule has 9 nitrogen and oxygen atoms in total. The van der Waals surface area contributed by atoms with Crippen LogP contribution in [-0.2, 0) is 20.9 Å². The van der Waals surface area contributed by atoms with Gasteiger partial charge >= 0.3 is 12.0 Å². The van der Waals surface area contributed by atoms with Gasteiger partial charge in [0.15, 0.2) is 0 Å². The number of imide groups is 1. The summed E-state index contributed by atoms with van der Waals surface area (Å²) in [5, 5.41) is 2.69. The van der Waals surface area contributed by atoms with E-state index in [1.165, 1.54) is 29.2 Å². The van der Waals surface area contributed by atoms with E-state index in [1.54, 1.807) is 43.6 Å². The lowest BCUT2D eigenvalue weighted by Crippen LogP contribution is -2.37. The Bertz CT molecular complexity index is 1270. The fraction of sp³-hybridized carbons (Fsp3) is 0.192. The van der Waals surface area contributed by atoms with Gasteiger partial charge in [-0.1, -0.05) is 6.07 Å². The van der Waals surface area contributed by atoms with Crippen LogP contribution >= 0.6 is 0 Å². The molecular weight excluding hydrogens is 467 g/mol. The lowest BCUT2D eigenvalue weighted by atomic mass is 10.1. The van der Waals surface area contributed by atoms with Gasteiger partial charge in [0.25, 0.3) is 5.91 Å². The number of carbonyl (C=O) groups is 4. The minimum Gasteiger partial charge on any atom is -0.462 e. The number of nitrogens with one attached hydrogen (secondary N) is 1. The number of rotatable bonds is 8. The van der Waals surface area contributed by atoms with Crippen LogP contribution in [0, 0.1) is 5.82 Å². The van der Waals surface area contributed by atoms with Crippen molar-refractivity contribution in [1.29, 1.82) is 0 Å². The molecule has 1 aliphatic rings. The molecule has 184 valence electrons. The van der Waals surface area contributed by atoms with Crippen LogP contribution in [0.1, 0.15) is 29.3 Å². The third-order valence-corrected chi connectivity index (χ3v) is 5.54. The van der Waals surface area contributed by atoms with Crippen molar-refractivity contribution in [1.82, 2.24) is 9.88 Å². The molecule has 1 atom stereocenters. The smallest absolute Gasteiger partial charge is 0.338 e. The van der Waals surface area contributed by atoms with E-state index in [-0.39, 0.29) is 25.3 Å². The summed E-state index contributed by atoms with van der Waals surface area (Å²) in [7, 11) is 0. The maximum atomic E-state index is 13.4. The van der Waals surface area contributed by atoms with Crippen molar-refractivity contribution in [2.45, 2.75) is 25.9 Å². The highest BCUT2D eigenvalue weighted by Crippen LogP contribution is 2.28. The number of benzene rings is 2. The summed E-state index contributed by atoms with van der Waals surface area (Å²) >= 11 is 0. The first-order chi connectivity index (χ1) is 17.4. The largest absolute Gasteiger partial charge is 0.462 e. The van der Waals surface area contributed by atoms with Gasteiger partial charge in [0.1, 0.15) is 11.9 Å². The maximum Gasteiger partial charge on any atom is 0.338 e. The summed E-state index contributed by atoms with van der Waals surface area (Å²) in [5.41, 5.74) is 1.64. The second kappa shape index (κ2) is 10.8. The quantitative estimate of drug-likeness (QED) is 0.380. The molecule has 0 spiro atoms. The average molecular weight is 490 g/mol. The molecule has 0 bridgehead atoms. The first-order valence-electron chi connectivity index (χ1n) is 11.2. The van der Waals surface area contributed by atoms with Crippen LogP contribution in [0.25, 0.3) is 0 Å². The van der Waals surface area contributed by atoms with Crippen molar-refractivity contribution in [3.05, 3.63) is 90.0 Å². The van der Waals surface area contributed by atoms with E-state index in [2.05, 4.69) is 10.3 Å². The van der Waals surface area contributed by atoms with Crippen LogP contribution in [-0.4, -0.2) is 46.3 Å². The van der Waals surface area contributed by atoms with Crippen LogP contribution in [0.4, 0.5) is 20.6 Å². The zero-order valence-corrected chi connectivity index (χ0v) is 19.4. The zero-order valence-electron chi connectivity index (χ0n) is 19.4. The van der Waals surface area contributed by atoms with E-state index in [0.29, 0.717) is 16.8 Å². The molecule has 1 aromatic heterocycles. The second-order valence-electron chi connectivity index (χ2n) is 7.99. The fourth-order valence-corrected chi connectivity index (χ4v) is 3.82. The maximum absolute atomic E-state index is 13.4. The van der Waals surface area contributed by atoms with Gasteiger partial charge in [-0.05, 0) is 67.1 Å². The van der Waals surface area contributed by atoms with E-state index < -0.39 is 35.7 Å². The SMILES string of the molecule is CCOC(=O)c1ccc(NC(=O)C[C@@H]2C(=O)N(c3ccc(F)cc3)C(=O)N2Cc2cccnc2)cc1. The first kappa shape index (κ1) is 24.5. The van der Waals surface area contributed by atoms with Crippen molar-refractivity contribution < 1.29 is 28.3 Å². The van der Waals surface area contributed by atoms with Gasteiger partial charge in [-0.25, -0.2) is 18.9 Å². The number of esters is 1. The molecule has 3 aromatic rings. The highest BCUT2D eigenvalue weighted by Gasteiger charge is 2.46. The molecule has 2 heterocycles. The molecule has 0 unspecified atom stereocenters. The van der Waals surface area contributed by atoms with Crippen molar-refractivity contribution in [2.24, 2.45) is 0 Å². The Morgan fingerprint density at radius 1 is 1.06 bits per heavy atom. The van der Waals surface area contributed by atoms with Crippen LogP contribution < -0.4 is 10.2 Å². The van der Waals surface area contributed by atoms with Gasteiger partial charge in [0, 0.05) is 24.6 Å². The lowest BCUT2D eigenvalue weighted by molar-refractivity contribution is -0.124. The van der Waals surface area contributed by atoms with Crippen LogP contribution in [0.5, 0.6) is 0 Å². The molecule has 0 saturated carbocycles. The molecule has 1 N–H and O–H groups in total. The molecule has 4 rings (SSSR count). The molecule has 1 fully saturated rings. The molecule has 1 saturated heterocycles. The summed E-state index contributed by atoms with van der Waals surface area (Å²) in [6, 6.07) is 12.9. The first-order valence-corrected chi connectivity index (χ1v) is 11.2. The molecule has 10 heteroatoms. The van der Waals surface area contributed by atoms with Crippen molar-refractivity contribution in [3.8, 4) is 0 Å². The highest BCUT2D eigenvalue weighted by atomic mass is 19.1. The third-order valence-electron chi connectivity index (χ3n) is 5.54. The monoisotopic (exact) mass is 490 g/mol. The molecule has 1 aliphatic heterocycles. The number of hydrogen-bond acceptors (Lipinski definition) is 6. The van der Waals surface area contributed by atoms with E-state index in [1.807, 2.05) is 0 Å². The van der Waals surface area contributed by atoms with E-state index in [0.717, 1.165) is 17.0 Å². The summed E-state index contributed by atoms with van der Waals surface area (Å²) < 4.78 is 18.4. The summed E-state index contributed by atoms with van der Waals surface area (Å²) in [6.45, 7) is 2.01. The van der Waals surface area contributed by atoms with Crippen LogP contribution in [0.15, 0.2) is 73.1 Å². The number of nitrogens with zero attached hydrogens (tertiary/aromatic N) is 3. The molecule has 36 heavy (non-hydrogen) atoms. The number of carbonyl (C=O) groups excluding carboxylic acids is 4. The number of hydrogen-bond donors (Lipinski definition) is 1. The fourth-order valence-electron chi connectivity index (χ4n) is 3.82. The summed E-state index contributed by atoms with van der Waals surface area (Å²) in [4.78, 5) is 57.5. The van der Waals surface area contributed by atoms with Crippen molar-refractivity contribution in [2.75, 3.05) is 16.8 Å². The number of ether oxygens (including phenoxy) is 1. The number of urea groups is 1. The summed E-state index contributed by atoms with van der Waals surface area (Å²) in [6.07, 6.45) is 2.85. The minimum absolute atomic E-state index is 0.0578. The van der Waals surface area contributed by atoms with Gasteiger partial charge in [-0.15, -0.1) is 0 Å². The van der Waals surface area contributed by atoms with Gasteiger partial charge in [0.05, 0.1) is 24.3 Å². The van der Waals surface area contributed by atoms with E-state index in [4.69, 9.17) is 4.74 Å². The zero-order chi connectivity index (χ0) is 25.7. The van der Waals surface area contributed by atoms with E-state index in [9.17, 15) is 23.6 Å². The number of amides is 4. The normalized spacial score (nSPS) is 15.2. The predicted molar refractivity (Wildman–Crippen MR) is 128 cm³/mol. The van der Waals surface area contributed by atoms with Crippen LogP contribution in [0.3, 0.4) is 0 Å². The Morgan fingerprint density at radius 2 is 1.78 bits per heavy atom. The van der Waals surface area contributed by atoms with E-state index >= 15 is 0 Å². The Balaban J connectivity index is 1.53.